The van der Waals surface area contributed by atoms with Crippen molar-refractivity contribution in [2.45, 2.75) is 39.7 Å². The molecule has 2 rings (SSSR count). The average Bonchev–Trinajstić information content (AvgIpc) is 3.07. The highest BCUT2D eigenvalue weighted by atomic mass is 32.1. The minimum Gasteiger partial charge on any atom is -0.497 e. The van der Waals surface area contributed by atoms with Crippen LogP contribution < -0.4 is 15.4 Å². The zero-order valence-electron chi connectivity index (χ0n) is 15.6. The van der Waals surface area contributed by atoms with Gasteiger partial charge in [0.25, 0.3) is 5.91 Å². The average molecular weight is 376 g/mol. The second-order valence-electron chi connectivity index (χ2n) is 6.51. The van der Waals surface area contributed by atoms with Crippen molar-refractivity contribution in [3.63, 3.8) is 0 Å². The van der Waals surface area contributed by atoms with Crippen molar-refractivity contribution in [1.82, 2.24) is 15.5 Å². The summed E-state index contributed by atoms with van der Waals surface area (Å²) in [4.78, 5) is 25.0. The number of benzene rings is 1. The first kappa shape index (κ1) is 19.8. The molecule has 2 aromatic rings. The fraction of sp³-hybridized carbons (Fsp3) is 0.444. The number of hydrogen-bond donors (Lipinski definition) is 2. The molecule has 0 radical (unpaired) electrons. The van der Waals surface area contributed by atoms with Gasteiger partial charge >= 0.3 is 0 Å². The van der Waals surface area contributed by atoms with E-state index in [-0.39, 0.29) is 23.7 Å². The highest BCUT2D eigenvalue weighted by Crippen LogP contribution is 2.22. The van der Waals surface area contributed by atoms with Crippen LogP contribution >= 0.6 is 11.3 Å². The summed E-state index contributed by atoms with van der Waals surface area (Å²) in [6.45, 7) is 7.77. The second-order valence-corrected chi connectivity index (χ2v) is 7.52. The van der Waals surface area contributed by atoms with E-state index in [1.54, 1.807) is 31.4 Å². The number of hydrogen-bond acceptors (Lipinski definition) is 6. The zero-order valence-corrected chi connectivity index (χ0v) is 16.4. The molecular formula is C18H24N4O3S. The first-order chi connectivity index (χ1) is 12.3. The lowest BCUT2D eigenvalue weighted by Crippen LogP contribution is -2.47. The van der Waals surface area contributed by atoms with E-state index >= 15 is 0 Å². The Morgan fingerprint density at radius 3 is 2.23 bits per heavy atom. The number of carbonyl (C=O) groups is 2. The molecule has 1 unspecified atom stereocenters. The molecule has 7 nitrogen and oxygen atoms in total. The van der Waals surface area contributed by atoms with Crippen molar-refractivity contribution in [2.75, 3.05) is 12.4 Å². The second kappa shape index (κ2) is 8.75. The Kier molecular flexibility index (Phi) is 6.68. The first-order valence-electron chi connectivity index (χ1n) is 8.41. The molecule has 8 heteroatoms. The molecule has 0 bridgehead atoms. The first-order valence-corrected chi connectivity index (χ1v) is 9.22. The normalized spacial score (nSPS) is 12.1. The maximum absolute atomic E-state index is 12.6. The number of amides is 2. The molecule has 2 N–H and O–H groups in total. The summed E-state index contributed by atoms with van der Waals surface area (Å²) >= 11 is 1.34. The fourth-order valence-corrected chi connectivity index (χ4v) is 2.95. The van der Waals surface area contributed by atoms with Gasteiger partial charge in [0.05, 0.1) is 7.11 Å². The third-order valence-corrected chi connectivity index (χ3v) is 4.89. The van der Waals surface area contributed by atoms with Crippen LogP contribution in [0.25, 0.3) is 0 Å². The molecular weight excluding hydrogens is 352 g/mol. The van der Waals surface area contributed by atoms with Crippen LogP contribution in [0.5, 0.6) is 5.75 Å². The minimum atomic E-state index is -0.684. The molecule has 0 saturated carbocycles. The molecule has 0 aliphatic rings. The Morgan fingerprint density at radius 2 is 1.73 bits per heavy atom. The van der Waals surface area contributed by atoms with Gasteiger partial charge in [0.1, 0.15) is 16.8 Å². The molecule has 1 heterocycles. The Hall–Kier alpha value is -2.48. The van der Waals surface area contributed by atoms with E-state index in [1.165, 1.54) is 11.3 Å². The van der Waals surface area contributed by atoms with E-state index in [9.17, 15) is 9.59 Å². The van der Waals surface area contributed by atoms with Crippen molar-refractivity contribution in [1.29, 1.82) is 0 Å². The number of methoxy groups -OCH3 is 1. The summed E-state index contributed by atoms with van der Waals surface area (Å²) < 4.78 is 5.08. The highest BCUT2D eigenvalue weighted by Gasteiger charge is 2.26. The zero-order chi connectivity index (χ0) is 19.3. The third kappa shape index (κ3) is 5.01. The monoisotopic (exact) mass is 376 g/mol. The standard InChI is InChI=1S/C18H24N4O3S/c1-10(2)14(16(24)20-18-22-21-17(26-18)11(3)4)19-15(23)12-6-8-13(25-5)9-7-12/h6-11,14H,1-5H3,(H,19,23)(H,20,22,24). The molecule has 0 aliphatic heterocycles. The SMILES string of the molecule is COc1ccc(C(=O)NC(C(=O)Nc2nnc(C(C)C)s2)C(C)C)cc1. The molecule has 2 amide bonds. The summed E-state index contributed by atoms with van der Waals surface area (Å²) in [5, 5.41) is 14.9. The molecule has 0 aliphatic carbocycles. The van der Waals surface area contributed by atoms with E-state index in [2.05, 4.69) is 20.8 Å². The number of rotatable bonds is 7. The van der Waals surface area contributed by atoms with Crippen LogP contribution in [0.15, 0.2) is 24.3 Å². The van der Waals surface area contributed by atoms with Crippen LogP contribution in [0.3, 0.4) is 0 Å². The van der Waals surface area contributed by atoms with Crippen molar-refractivity contribution in [3.8, 4) is 5.75 Å². The van der Waals surface area contributed by atoms with Crippen LogP contribution in [0, 0.1) is 5.92 Å². The van der Waals surface area contributed by atoms with Crippen molar-refractivity contribution >= 4 is 28.3 Å². The van der Waals surface area contributed by atoms with Gasteiger partial charge in [0.2, 0.25) is 11.0 Å². The Balaban J connectivity index is 2.06. The maximum Gasteiger partial charge on any atom is 0.251 e. The lowest BCUT2D eigenvalue weighted by Gasteiger charge is -2.21. The van der Waals surface area contributed by atoms with Gasteiger partial charge in [-0.2, -0.15) is 0 Å². The highest BCUT2D eigenvalue weighted by molar-refractivity contribution is 7.15. The number of ether oxygens (including phenoxy) is 1. The molecule has 1 aromatic carbocycles. The summed E-state index contributed by atoms with van der Waals surface area (Å²) in [6.07, 6.45) is 0. The fourth-order valence-electron chi connectivity index (χ4n) is 2.20. The maximum atomic E-state index is 12.6. The summed E-state index contributed by atoms with van der Waals surface area (Å²) in [5.74, 6) is 0.190. The van der Waals surface area contributed by atoms with Crippen LogP contribution in [0.2, 0.25) is 0 Å². The predicted octanol–water partition coefficient (Wildman–Crippen LogP) is 3.06. The smallest absolute Gasteiger partial charge is 0.251 e. The number of nitrogens with zero attached hydrogens (tertiary/aromatic N) is 2. The number of aromatic nitrogens is 2. The molecule has 1 atom stereocenters. The summed E-state index contributed by atoms with van der Waals surface area (Å²) in [5.41, 5.74) is 0.460. The number of nitrogens with one attached hydrogen (secondary N) is 2. The van der Waals surface area contributed by atoms with Crippen LogP contribution in [0.4, 0.5) is 5.13 Å². The van der Waals surface area contributed by atoms with Gasteiger partial charge in [-0.05, 0) is 30.2 Å². The van der Waals surface area contributed by atoms with E-state index in [4.69, 9.17) is 4.74 Å². The Morgan fingerprint density at radius 1 is 1.08 bits per heavy atom. The lowest BCUT2D eigenvalue weighted by atomic mass is 10.0. The van der Waals surface area contributed by atoms with Crippen LogP contribution in [-0.2, 0) is 4.79 Å². The molecule has 0 fully saturated rings. The quantitative estimate of drug-likeness (QED) is 0.775. The van der Waals surface area contributed by atoms with Gasteiger partial charge in [-0.3, -0.25) is 14.9 Å². The van der Waals surface area contributed by atoms with Gasteiger partial charge in [-0.25, -0.2) is 0 Å². The predicted molar refractivity (Wildman–Crippen MR) is 102 cm³/mol. The Labute approximate surface area is 157 Å². The largest absolute Gasteiger partial charge is 0.497 e. The van der Waals surface area contributed by atoms with Crippen LogP contribution in [0.1, 0.15) is 49.0 Å². The number of anilines is 1. The molecule has 140 valence electrons. The van der Waals surface area contributed by atoms with Gasteiger partial charge in [0.15, 0.2) is 0 Å². The van der Waals surface area contributed by atoms with Gasteiger partial charge in [-0.15, -0.1) is 10.2 Å². The van der Waals surface area contributed by atoms with E-state index in [0.717, 1.165) is 5.01 Å². The number of carbonyl (C=O) groups excluding carboxylic acids is 2. The summed E-state index contributed by atoms with van der Waals surface area (Å²) in [6, 6.07) is 6.03. The molecule has 1 aromatic heterocycles. The van der Waals surface area contributed by atoms with Gasteiger partial charge < -0.3 is 10.1 Å². The minimum absolute atomic E-state index is 0.0883. The van der Waals surface area contributed by atoms with E-state index in [1.807, 2.05) is 27.7 Å². The van der Waals surface area contributed by atoms with Gasteiger partial charge in [-0.1, -0.05) is 39.0 Å². The molecule has 26 heavy (non-hydrogen) atoms. The topological polar surface area (TPSA) is 93.2 Å². The van der Waals surface area contributed by atoms with Crippen molar-refractivity contribution < 1.29 is 14.3 Å². The van der Waals surface area contributed by atoms with Crippen LogP contribution in [-0.4, -0.2) is 35.2 Å². The van der Waals surface area contributed by atoms with E-state index < -0.39 is 6.04 Å². The molecule has 0 saturated heterocycles. The van der Waals surface area contributed by atoms with Gasteiger partial charge in [0, 0.05) is 11.5 Å². The Bertz CT molecular complexity index is 756. The molecule has 0 spiro atoms. The lowest BCUT2D eigenvalue weighted by molar-refractivity contribution is -0.118. The summed E-state index contributed by atoms with van der Waals surface area (Å²) in [7, 11) is 1.56. The third-order valence-electron chi connectivity index (χ3n) is 3.75. The van der Waals surface area contributed by atoms with Crippen molar-refractivity contribution in [3.05, 3.63) is 34.8 Å². The van der Waals surface area contributed by atoms with Crippen molar-refractivity contribution in [2.24, 2.45) is 5.92 Å². The van der Waals surface area contributed by atoms with E-state index in [0.29, 0.717) is 16.4 Å².